The Morgan fingerprint density at radius 2 is 2.11 bits per heavy atom. The fourth-order valence-electron chi connectivity index (χ4n) is 3.04. The lowest BCUT2D eigenvalue weighted by molar-refractivity contribution is 0.431. The standard InChI is InChI=1S/C21H21N5O/c1-26-21(11-19(25-26)16-4-5-16)27-20-10-15(12-23)2-6-17(20)18-7-3-14(8-9-22)13-24-18/h2-3,6-7,10-11,13,16H,4-5,8-9,22H2,1H3. The van der Waals surface area contributed by atoms with Crippen LogP contribution in [0.1, 0.15) is 35.6 Å². The van der Waals surface area contributed by atoms with Crippen LogP contribution < -0.4 is 10.5 Å². The predicted molar refractivity (Wildman–Crippen MR) is 102 cm³/mol. The van der Waals surface area contributed by atoms with Crippen molar-refractivity contribution in [3.8, 4) is 29.0 Å². The van der Waals surface area contributed by atoms with Crippen LogP contribution in [0.3, 0.4) is 0 Å². The third-order valence-corrected chi connectivity index (χ3v) is 4.71. The van der Waals surface area contributed by atoms with E-state index in [2.05, 4.69) is 16.2 Å². The molecular weight excluding hydrogens is 338 g/mol. The average Bonchev–Trinajstić information content (AvgIpc) is 3.47. The van der Waals surface area contributed by atoms with Gasteiger partial charge in [-0.3, -0.25) is 4.98 Å². The highest BCUT2D eigenvalue weighted by atomic mass is 16.5. The smallest absolute Gasteiger partial charge is 0.217 e. The van der Waals surface area contributed by atoms with Gasteiger partial charge in [0, 0.05) is 30.8 Å². The fourth-order valence-corrected chi connectivity index (χ4v) is 3.04. The molecule has 1 aliphatic rings. The van der Waals surface area contributed by atoms with Crippen LogP contribution in [0.4, 0.5) is 0 Å². The summed E-state index contributed by atoms with van der Waals surface area (Å²) in [6, 6.07) is 13.5. The zero-order chi connectivity index (χ0) is 18.8. The lowest BCUT2D eigenvalue weighted by Gasteiger charge is -2.11. The van der Waals surface area contributed by atoms with Crippen molar-refractivity contribution in [3.05, 3.63) is 59.4 Å². The highest BCUT2D eigenvalue weighted by Crippen LogP contribution is 2.41. The predicted octanol–water partition coefficient (Wildman–Crippen LogP) is 3.52. The number of benzene rings is 1. The molecule has 1 fully saturated rings. The largest absolute Gasteiger partial charge is 0.439 e. The average molecular weight is 359 g/mol. The molecule has 6 nitrogen and oxygen atoms in total. The summed E-state index contributed by atoms with van der Waals surface area (Å²) in [4.78, 5) is 4.55. The fraction of sp³-hybridized carbons (Fsp3) is 0.286. The summed E-state index contributed by atoms with van der Waals surface area (Å²) >= 11 is 0. The number of rotatable bonds is 6. The van der Waals surface area contributed by atoms with Crippen LogP contribution in [0.2, 0.25) is 0 Å². The van der Waals surface area contributed by atoms with Gasteiger partial charge in [-0.15, -0.1) is 0 Å². The van der Waals surface area contributed by atoms with Gasteiger partial charge < -0.3 is 10.5 Å². The van der Waals surface area contributed by atoms with Crippen molar-refractivity contribution in [2.75, 3.05) is 6.54 Å². The zero-order valence-electron chi connectivity index (χ0n) is 15.2. The molecule has 3 aromatic rings. The van der Waals surface area contributed by atoms with Crippen molar-refractivity contribution >= 4 is 0 Å². The van der Waals surface area contributed by atoms with Gasteiger partial charge in [0.2, 0.25) is 5.88 Å². The zero-order valence-corrected chi connectivity index (χ0v) is 15.2. The Morgan fingerprint density at radius 1 is 1.26 bits per heavy atom. The van der Waals surface area contributed by atoms with E-state index in [-0.39, 0.29) is 0 Å². The maximum Gasteiger partial charge on any atom is 0.217 e. The Balaban J connectivity index is 1.69. The molecule has 0 amide bonds. The second kappa shape index (κ2) is 7.22. The van der Waals surface area contributed by atoms with E-state index < -0.39 is 0 Å². The topological polar surface area (TPSA) is 89.8 Å². The molecule has 0 unspecified atom stereocenters. The molecule has 27 heavy (non-hydrogen) atoms. The molecule has 2 aromatic heterocycles. The number of pyridine rings is 1. The van der Waals surface area contributed by atoms with E-state index in [9.17, 15) is 5.26 Å². The molecule has 2 N–H and O–H groups in total. The van der Waals surface area contributed by atoms with Crippen molar-refractivity contribution in [3.63, 3.8) is 0 Å². The molecule has 0 saturated heterocycles. The molecule has 1 saturated carbocycles. The Hall–Kier alpha value is -3.17. The minimum absolute atomic E-state index is 0.540. The number of nitriles is 1. The van der Waals surface area contributed by atoms with E-state index in [4.69, 9.17) is 10.5 Å². The van der Waals surface area contributed by atoms with Crippen molar-refractivity contribution in [1.29, 1.82) is 5.26 Å². The van der Waals surface area contributed by atoms with Crippen LogP contribution in [0.25, 0.3) is 11.3 Å². The Labute approximate surface area is 158 Å². The van der Waals surface area contributed by atoms with Crippen molar-refractivity contribution in [1.82, 2.24) is 14.8 Å². The molecule has 0 spiro atoms. The molecule has 136 valence electrons. The van der Waals surface area contributed by atoms with Gasteiger partial charge in [-0.25, -0.2) is 4.68 Å². The van der Waals surface area contributed by atoms with Gasteiger partial charge in [0.15, 0.2) is 0 Å². The van der Waals surface area contributed by atoms with Gasteiger partial charge in [-0.2, -0.15) is 10.4 Å². The summed E-state index contributed by atoms with van der Waals surface area (Å²) in [5.41, 5.74) is 9.93. The molecule has 0 bridgehead atoms. The monoisotopic (exact) mass is 359 g/mol. The van der Waals surface area contributed by atoms with E-state index in [0.717, 1.165) is 28.9 Å². The Morgan fingerprint density at radius 3 is 2.78 bits per heavy atom. The molecule has 6 heteroatoms. The van der Waals surface area contributed by atoms with Crippen LogP contribution in [0.5, 0.6) is 11.6 Å². The minimum atomic E-state index is 0.540. The SMILES string of the molecule is Cn1nc(C2CC2)cc1Oc1cc(C#N)ccc1-c1ccc(CCN)cn1. The second-order valence-electron chi connectivity index (χ2n) is 6.82. The van der Waals surface area contributed by atoms with Crippen molar-refractivity contribution in [2.24, 2.45) is 12.8 Å². The Kier molecular flexibility index (Phi) is 4.61. The van der Waals surface area contributed by atoms with E-state index in [1.54, 1.807) is 16.8 Å². The van der Waals surface area contributed by atoms with Crippen molar-refractivity contribution < 1.29 is 4.74 Å². The second-order valence-corrected chi connectivity index (χ2v) is 6.82. The van der Waals surface area contributed by atoms with Crippen LogP contribution in [0, 0.1) is 11.3 Å². The number of aryl methyl sites for hydroxylation is 1. The quantitative estimate of drug-likeness (QED) is 0.727. The molecule has 4 rings (SSSR count). The van der Waals surface area contributed by atoms with E-state index in [1.807, 2.05) is 37.5 Å². The number of hydrogen-bond acceptors (Lipinski definition) is 5. The molecule has 0 radical (unpaired) electrons. The van der Waals surface area contributed by atoms with E-state index in [0.29, 0.717) is 29.7 Å². The summed E-state index contributed by atoms with van der Waals surface area (Å²) in [5.74, 6) is 1.81. The summed E-state index contributed by atoms with van der Waals surface area (Å²) < 4.78 is 7.91. The molecule has 1 aromatic carbocycles. The van der Waals surface area contributed by atoms with Gasteiger partial charge in [-0.1, -0.05) is 6.07 Å². The molecule has 2 heterocycles. The van der Waals surface area contributed by atoms with Crippen LogP contribution in [-0.2, 0) is 13.5 Å². The molecule has 1 aliphatic carbocycles. The minimum Gasteiger partial charge on any atom is -0.439 e. The van der Waals surface area contributed by atoms with Crippen LogP contribution >= 0.6 is 0 Å². The third-order valence-electron chi connectivity index (χ3n) is 4.71. The summed E-state index contributed by atoms with van der Waals surface area (Å²) in [6.07, 6.45) is 5.00. The van der Waals surface area contributed by atoms with Gasteiger partial charge in [0.25, 0.3) is 0 Å². The van der Waals surface area contributed by atoms with Gasteiger partial charge >= 0.3 is 0 Å². The lowest BCUT2D eigenvalue weighted by atomic mass is 10.1. The highest BCUT2D eigenvalue weighted by Gasteiger charge is 2.27. The molecule has 0 aliphatic heterocycles. The van der Waals surface area contributed by atoms with Gasteiger partial charge in [-0.05, 0) is 55.6 Å². The van der Waals surface area contributed by atoms with Crippen LogP contribution in [-0.4, -0.2) is 21.3 Å². The lowest BCUT2D eigenvalue weighted by Crippen LogP contribution is -2.03. The number of nitrogens with zero attached hydrogens (tertiary/aromatic N) is 4. The van der Waals surface area contributed by atoms with E-state index in [1.165, 1.54) is 12.8 Å². The van der Waals surface area contributed by atoms with E-state index >= 15 is 0 Å². The first-order valence-corrected chi connectivity index (χ1v) is 9.09. The first-order chi connectivity index (χ1) is 13.2. The number of nitrogens with two attached hydrogens (primary N) is 1. The third kappa shape index (κ3) is 3.69. The van der Waals surface area contributed by atoms with Crippen molar-refractivity contribution in [2.45, 2.75) is 25.2 Å². The maximum absolute atomic E-state index is 9.27. The van der Waals surface area contributed by atoms with Gasteiger partial charge in [0.1, 0.15) is 5.75 Å². The number of ether oxygens (including phenoxy) is 1. The summed E-state index contributed by atoms with van der Waals surface area (Å²) in [6.45, 7) is 0.593. The number of hydrogen-bond donors (Lipinski definition) is 1. The summed E-state index contributed by atoms with van der Waals surface area (Å²) in [7, 11) is 1.87. The normalized spacial score (nSPS) is 13.4. The maximum atomic E-state index is 9.27. The molecule has 0 atom stereocenters. The van der Waals surface area contributed by atoms with Crippen LogP contribution in [0.15, 0.2) is 42.6 Å². The van der Waals surface area contributed by atoms with Gasteiger partial charge in [0.05, 0.1) is 23.0 Å². The molecular formula is C21H21N5O. The first-order valence-electron chi connectivity index (χ1n) is 9.09. The highest BCUT2D eigenvalue weighted by molar-refractivity contribution is 5.69. The number of aromatic nitrogens is 3. The Bertz CT molecular complexity index is 996. The summed E-state index contributed by atoms with van der Waals surface area (Å²) in [5, 5.41) is 13.8. The first kappa shape index (κ1) is 17.3.